The molecular formula is C44H84N2O8P+. The van der Waals surface area contributed by atoms with E-state index < -0.39 is 32.2 Å². The van der Waals surface area contributed by atoms with Crippen molar-refractivity contribution in [2.45, 2.75) is 186 Å². The predicted molar refractivity (Wildman–Crippen MR) is 229 cm³/mol. The summed E-state index contributed by atoms with van der Waals surface area (Å²) in [6.45, 7) is 4.58. The topological polar surface area (TPSA) is 146 Å². The summed E-state index contributed by atoms with van der Waals surface area (Å²) in [6, 6.07) is -0.868. The van der Waals surface area contributed by atoms with Crippen LogP contribution in [0.2, 0.25) is 0 Å². The number of phosphoric ester groups is 1. The van der Waals surface area contributed by atoms with Crippen molar-refractivity contribution in [3.05, 3.63) is 48.6 Å². The van der Waals surface area contributed by atoms with Crippen LogP contribution in [0.1, 0.15) is 162 Å². The fourth-order valence-corrected chi connectivity index (χ4v) is 6.70. The van der Waals surface area contributed by atoms with Crippen LogP contribution in [0, 0.1) is 0 Å². The summed E-state index contributed by atoms with van der Waals surface area (Å²) in [5.74, 6) is -0.322. The lowest BCUT2D eigenvalue weighted by Crippen LogP contribution is -2.46. The smallest absolute Gasteiger partial charge is 0.391 e. The van der Waals surface area contributed by atoms with Gasteiger partial charge < -0.3 is 30.0 Å². The summed E-state index contributed by atoms with van der Waals surface area (Å²) in [7, 11) is 1.46. The predicted octanol–water partition coefficient (Wildman–Crippen LogP) is 9.63. The summed E-state index contributed by atoms with van der Waals surface area (Å²) in [6.07, 6.45) is 36.3. The zero-order valence-corrected chi connectivity index (χ0v) is 36.5. The highest BCUT2D eigenvalue weighted by atomic mass is 31.2. The van der Waals surface area contributed by atoms with Gasteiger partial charge in [-0.1, -0.05) is 172 Å². The van der Waals surface area contributed by atoms with Gasteiger partial charge in [-0.15, -0.1) is 0 Å². The normalized spacial score (nSPS) is 16.0. The molecule has 55 heavy (non-hydrogen) atoms. The van der Waals surface area contributed by atoms with Gasteiger partial charge in [0.05, 0.1) is 52.1 Å². The lowest BCUT2D eigenvalue weighted by molar-refractivity contribution is -0.870. The molecule has 0 spiro atoms. The first-order valence-corrected chi connectivity index (χ1v) is 23.2. The quantitative estimate of drug-likeness (QED) is 0.0180. The molecule has 1 unspecified atom stereocenters. The van der Waals surface area contributed by atoms with Crippen molar-refractivity contribution < 1.29 is 43.1 Å². The van der Waals surface area contributed by atoms with E-state index in [0.29, 0.717) is 30.3 Å². The number of likely N-dealkylation sites (N-methyl/N-ethyl adjacent to an activating group) is 1. The van der Waals surface area contributed by atoms with Crippen LogP contribution in [-0.2, 0) is 18.4 Å². The van der Waals surface area contributed by atoms with E-state index in [9.17, 15) is 29.6 Å². The number of hydrogen-bond acceptors (Lipinski definition) is 7. The Labute approximate surface area is 336 Å². The molecule has 10 nitrogen and oxygen atoms in total. The first kappa shape index (κ1) is 53.4. The van der Waals surface area contributed by atoms with Gasteiger partial charge in [0.2, 0.25) is 5.91 Å². The molecule has 0 aromatic rings. The zero-order valence-electron chi connectivity index (χ0n) is 35.6. The van der Waals surface area contributed by atoms with Crippen molar-refractivity contribution in [3.63, 3.8) is 0 Å². The molecule has 0 aliphatic rings. The Morgan fingerprint density at radius 2 is 1.11 bits per heavy atom. The maximum Gasteiger partial charge on any atom is 0.472 e. The van der Waals surface area contributed by atoms with Crippen LogP contribution >= 0.6 is 7.82 Å². The van der Waals surface area contributed by atoms with E-state index >= 15 is 0 Å². The maximum absolute atomic E-state index is 12.9. The molecule has 5 N–H and O–H groups in total. The monoisotopic (exact) mass is 800 g/mol. The van der Waals surface area contributed by atoms with Crippen LogP contribution in [0.15, 0.2) is 48.6 Å². The average molecular weight is 800 g/mol. The summed E-state index contributed by atoms with van der Waals surface area (Å²) < 4.78 is 23.5. The Bertz CT molecular complexity index is 1070. The molecule has 0 aliphatic carbocycles. The fourth-order valence-electron chi connectivity index (χ4n) is 5.96. The standard InChI is InChI=1S/C44H83N2O8P/c1-6-8-10-11-12-13-14-15-16-17-18-22-25-29-35-43(49)42(39-54-55(51,52)53-38-37-46(3,4)5)45-44(50)36-30-34-41(48)33-28-24-21-19-20-23-27-32-40(47)31-26-9-7-2/h20-21,23-24,27-28,32-33,40-43,47-49H,6-19,22,25-26,29-31,34-39H2,1-5H3,(H-,45,50,51,52)/p+1/b23-20-,24-21-,32-27+,33-28+/t40-,41-,42+,43-/m1/s1. The van der Waals surface area contributed by atoms with Crippen LogP contribution in [0.3, 0.4) is 0 Å². The maximum atomic E-state index is 12.9. The van der Waals surface area contributed by atoms with Crippen LogP contribution in [0.4, 0.5) is 0 Å². The van der Waals surface area contributed by atoms with E-state index in [2.05, 4.69) is 19.2 Å². The van der Waals surface area contributed by atoms with Crippen LogP contribution in [0.5, 0.6) is 0 Å². The Balaban J connectivity index is 4.66. The lowest BCUT2D eigenvalue weighted by Gasteiger charge is -2.26. The fraction of sp³-hybridized carbons (Fsp3) is 0.795. The number of nitrogens with one attached hydrogen (secondary N) is 1. The van der Waals surface area contributed by atoms with Gasteiger partial charge in [0, 0.05) is 6.42 Å². The second-order valence-electron chi connectivity index (χ2n) is 16.1. The Morgan fingerprint density at radius 1 is 0.655 bits per heavy atom. The van der Waals surface area contributed by atoms with Crippen molar-refractivity contribution in [2.24, 2.45) is 0 Å². The molecule has 0 aromatic carbocycles. The zero-order chi connectivity index (χ0) is 41.0. The van der Waals surface area contributed by atoms with E-state index in [1.165, 1.54) is 70.6 Å². The molecule has 0 fully saturated rings. The van der Waals surface area contributed by atoms with Crippen LogP contribution < -0.4 is 5.32 Å². The molecule has 0 saturated heterocycles. The second kappa shape index (κ2) is 35.5. The third-order valence-electron chi connectivity index (χ3n) is 9.54. The molecule has 11 heteroatoms. The minimum Gasteiger partial charge on any atom is -0.391 e. The van der Waals surface area contributed by atoms with E-state index in [1.54, 1.807) is 12.2 Å². The second-order valence-corrected chi connectivity index (χ2v) is 17.6. The number of allylic oxidation sites excluding steroid dienone is 6. The van der Waals surface area contributed by atoms with Crippen LogP contribution in [-0.4, -0.2) is 95.9 Å². The molecule has 0 aliphatic heterocycles. The number of amides is 1. The van der Waals surface area contributed by atoms with Gasteiger partial charge >= 0.3 is 7.82 Å². The number of aliphatic hydroxyl groups is 3. The minimum atomic E-state index is -4.38. The number of quaternary nitrogens is 1. The molecule has 0 rings (SSSR count). The molecule has 0 radical (unpaired) electrons. The van der Waals surface area contributed by atoms with Crippen molar-refractivity contribution in [3.8, 4) is 0 Å². The minimum absolute atomic E-state index is 0.0300. The highest BCUT2D eigenvalue weighted by Gasteiger charge is 2.28. The van der Waals surface area contributed by atoms with Crippen molar-refractivity contribution >= 4 is 13.7 Å². The molecule has 1 amide bonds. The number of hydrogen-bond donors (Lipinski definition) is 5. The van der Waals surface area contributed by atoms with Gasteiger partial charge in [-0.2, -0.15) is 0 Å². The van der Waals surface area contributed by atoms with Gasteiger partial charge in [0.15, 0.2) is 0 Å². The Morgan fingerprint density at radius 3 is 1.62 bits per heavy atom. The van der Waals surface area contributed by atoms with Crippen molar-refractivity contribution in [2.75, 3.05) is 40.9 Å². The summed E-state index contributed by atoms with van der Waals surface area (Å²) in [5.41, 5.74) is 0. The number of unbranched alkanes of at least 4 members (excludes halogenated alkanes) is 15. The lowest BCUT2D eigenvalue weighted by atomic mass is 10.0. The van der Waals surface area contributed by atoms with Gasteiger partial charge in [-0.25, -0.2) is 4.57 Å². The molecule has 0 heterocycles. The molecule has 0 aromatic heterocycles. The molecule has 322 valence electrons. The summed E-state index contributed by atoms with van der Waals surface area (Å²) >= 11 is 0. The van der Waals surface area contributed by atoms with Gasteiger partial charge in [0.25, 0.3) is 0 Å². The number of nitrogens with zero attached hydrogens (tertiary/aromatic N) is 1. The highest BCUT2D eigenvalue weighted by molar-refractivity contribution is 7.47. The number of aliphatic hydroxyl groups excluding tert-OH is 3. The highest BCUT2D eigenvalue weighted by Crippen LogP contribution is 2.43. The first-order valence-electron chi connectivity index (χ1n) is 21.7. The SMILES string of the molecule is CCCCCCCCCCCCCCCC[C@@H](O)[C@H](COP(=O)(O)OCC[N+](C)(C)C)NC(=O)CCC[C@H](O)/C=C/C=C\C/C=C\C=C\[C@H](O)CCCCC. The van der Waals surface area contributed by atoms with Gasteiger partial charge in [-0.05, 0) is 32.1 Å². The number of rotatable bonds is 38. The first-order chi connectivity index (χ1) is 26.3. The average Bonchev–Trinajstić information content (AvgIpc) is 3.12. The molecule has 0 saturated carbocycles. The summed E-state index contributed by atoms with van der Waals surface area (Å²) in [5, 5.41) is 34.1. The Hall–Kier alpha value is -1.62. The van der Waals surface area contributed by atoms with Gasteiger partial charge in [-0.3, -0.25) is 13.8 Å². The van der Waals surface area contributed by atoms with E-state index in [1.807, 2.05) is 57.6 Å². The molecule has 0 bridgehead atoms. The summed E-state index contributed by atoms with van der Waals surface area (Å²) in [4.78, 5) is 23.1. The van der Waals surface area contributed by atoms with E-state index in [0.717, 1.165) is 51.4 Å². The van der Waals surface area contributed by atoms with Crippen molar-refractivity contribution in [1.82, 2.24) is 5.32 Å². The number of phosphoric acid groups is 1. The number of carbonyl (C=O) groups is 1. The third kappa shape index (κ3) is 37.7. The van der Waals surface area contributed by atoms with Crippen molar-refractivity contribution in [1.29, 1.82) is 0 Å². The van der Waals surface area contributed by atoms with Crippen LogP contribution in [0.25, 0.3) is 0 Å². The third-order valence-corrected chi connectivity index (χ3v) is 10.5. The molecule has 5 atom stereocenters. The van der Waals surface area contributed by atoms with E-state index in [4.69, 9.17) is 9.05 Å². The Kier molecular flexibility index (Phi) is 34.5. The molecular weight excluding hydrogens is 715 g/mol. The largest absolute Gasteiger partial charge is 0.472 e. The van der Waals surface area contributed by atoms with E-state index in [-0.39, 0.29) is 25.5 Å². The van der Waals surface area contributed by atoms with Gasteiger partial charge in [0.1, 0.15) is 13.2 Å². The number of carbonyl (C=O) groups excluding carboxylic acids is 1.